The zero-order chi connectivity index (χ0) is 31.3. The minimum absolute atomic E-state index is 0.0216. The number of carbonyl (C=O) groups is 1. The molecular weight excluding hydrogens is 572 g/mol. The zero-order valence-electron chi connectivity index (χ0n) is 25.1. The number of aryl methyl sites for hydroxylation is 2. The molecule has 8 nitrogen and oxygen atoms in total. The van der Waals surface area contributed by atoms with Crippen molar-refractivity contribution < 1.29 is 17.9 Å². The highest BCUT2D eigenvalue weighted by molar-refractivity contribution is 7.92. The van der Waals surface area contributed by atoms with Crippen molar-refractivity contribution >= 4 is 27.8 Å². The summed E-state index contributed by atoms with van der Waals surface area (Å²) in [6, 6.07) is 32.3. The van der Waals surface area contributed by atoms with E-state index in [0.29, 0.717) is 5.75 Å². The third kappa shape index (κ3) is 6.43. The van der Waals surface area contributed by atoms with E-state index in [1.807, 2.05) is 57.2 Å². The lowest BCUT2D eigenvalue weighted by Crippen LogP contribution is -2.33. The number of nitrogens with one attached hydrogen (secondary N) is 1. The SMILES string of the molecule is COc1ccc(S(=O)(=O)N(Cc2ccccc2)c2ccccc2C(=O)N/N=C\c2cc(C)n(-c3ccc(C)cc3)c2C)cc1. The first-order chi connectivity index (χ1) is 21.2. The Balaban J connectivity index is 1.45. The van der Waals surface area contributed by atoms with Crippen molar-refractivity contribution in [3.8, 4) is 11.4 Å². The largest absolute Gasteiger partial charge is 0.497 e. The minimum atomic E-state index is -4.08. The van der Waals surface area contributed by atoms with Crippen molar-refractivity contribution in [2.75, 3.05) is 11.4 Å². The van der Waals surface area contributed by atoms with Gasteiger partial charge in [-0.1, -0.05) is 60.2 Å². The number of ether oxygens (including phenoxy) is 1. The van der Waals surface area contributed by atoms with Gasteiger partial charge in [-0.2, -0.15) is 5.10 Å². The Bertz CT molecular complexity index is 1900. The minimum Gasteiger partial charge on any atom is -0.497 e. The van der Waals surface area contributed by atoms with E-state index in [1.54, 1.807) is 42.6 Å². The van der Waals surface area contributed by atoms with Crippen LogP contribution in [-0.2, 0) is 16.6 Å². The van der Waals surface area contributed by atoms with Gasteiger partial charge in [-0.05, 0) is 80.9 Å². The number of hydrogen-bond donors (Lipinski definition) is 1. The van der Waals surface area contributed by atoms with E-state index in [-0.39, 0.29) is 22.7 Å². The number of carbonyl (C=O) groups excluding carboxylic acids is 1. The lowest BCUT2D eigenvalue weighted by Gasteiger charge is -2.26. The maximum atomic E-state index is 14.0. The van der Waals surface area contributed by atoms with Gasteiger partial charge < -0.3 is 9.30 Å². The number of aromatic nitrogens is 1. The maximum absolute atomic E-state index is 14.0. The number of amides is 1. The lowest BCUT2D eigenvalue weighted by atomic mass is 10.1. The van der Waals surface area contributed by atoms with Crippen LogP contribution in [0.5, 0.6) is 5.75 Å². The van der Waals surface area contributed by atoms with Crippen molar-refractivity contribution in [2.45, 2.75) is 32.2 Å². The predicted octanol–water partition coefficient (Wildman–Crippen LogP) is 6.57. The molecule has 0 aliphatic heterocycles. The van der Waals surface area contributed by atoms with Gasteiger partial charge in [0, 0.05) is 22.6 Å². The summed E-state index contributed by atoms with van der Waals surface area (Å²) >= 11 is 0. The summed E-state index contributed by atoms with van der Waals surface area (Å²) in [5.41, 5.74) is 8.85. The van der Waals surface area contributed by atoms with E-state index in [0.717, 1.165) is 28.2 Å². The van der Waals surface area contributed by atoms with Gasteiger partial charge in [-0.25, -0.2) is 13.8 Å². The van der Waals surface area contributed by atoms with Crippen LogP contribution in [0.15, 0.2) is 119 Å². The monoisotopic (exact) mass is 606 g/mol. The standard InChI is InChI=1S/C35H34N4O4S/c1-25-14-16-30(17-15-25)39-26(2)22-29(27(39)3)23-36-37-35(40)33-12-8-9-13-34(33)38(24-28-10-6-5-7-11-28)44(41,42)32-20-18-31(43-4)19-21-32/h5-23H,24H2,1-4H3,(H,37,40)/b36-23-. The molecule has 1 aromatic heterocycles. The van der Waals surface area contributed by atoms with Crippen LogP contribution in [0, 0.1) is 20.8 Å². The van der Waals surface area contributed by atoms with Crippen molar-refractivity contribution in [1.82, 2.24) is 9.99 Å². The molecule has 224 valence electrons. The maximum Gasteiger partial charge on any atom is 0.273 e. The molecule has 0 fully saturated rings. The van der Waals surface area contributed by atoms with Crippen LogP contribution in [0.25, 0.3) is 5.69 Å². The third-order valence-corrected chi connectivity index (χ3v) is 9.14. The molecule has 0 atom stereocenters. The van der Waals surface area contributed by atoms with Gasteiger partial charge in [0.15, 0.2) is 0 Å². The molecule has 9 heteroatoms. The summed E-state index contributed by atoms with van der Waals surface area (Å²) in [4.78, 5) is 13.6. The molecule has 0 spiro atoms. The Labute approximate surface area is 258 Å². The summed E-state index contributed by atoms with van der Waals surface area (Å²) < 4.78 is 36.7. The fourth-order valence-corrected chi connectivity index (χ4v) is 6.51. The molecule has 5 rings (SSSR count). The van der Waals surface area contributed by atoms with E-state index in [9.17, 15) is 13.2 Å². The van der Waals surface area contributed by atoms with Gasteiger partial charge in [-0.3, -0.25) is 9.10 Å². The summed E-state index contributed by atoms with van der Waals surface area (Å²) in [5, 5.41) is 4.25. The molecule has 0 radical (unpaired) electrons. The van der Waals surface area contributed by atoms with Gasteiger partial charge in [0.05, 0.1) is 36.0 Å². The second-order valence-corrected chi connectivity index (χ2v) is 12.2. The van der Waals surface area contributed by atoms with Crippen LogP contribution in [0.1, 0.15) is 38.4 Å². The van der Waals surface area contributed by atoms with Gasteiger partial charge in [-0.15, -0.1) is 0 Å². The van der Waals surface area contributed by atoms with Crippen LogP contribution in [0.4, 0.5) is 5.69 Å². The van der Waals surface area contributed by atoms with E-state index in [4.69, 9.17) is 4.74 Å². The predicted molar refractivity (Wildman–Crippen MR) is 174 cm³/mol. The number of sulfonamides is 1. The van der Waals surface area contributed by atoms with E-state index in [1.165, 1.54) is 29.1 Å². The Morgan fingerprint density at radius 1 is 0.886 bits per heavy atom. The highest BCUT2D eigenvalue weighted by atomic mass is 32.2. The highest BCUT2D eigenvalue weighted by Crippen LogP contribution is 2.30. The molecule has 5 aromatic rings. The molecule has 44 heavy (non-hydrogen) atoms. The van der Waals surface area contributed by atoms with Gasteiger partial charge >= 0.3 is 0 Å². The average molecular weight is 607 g/mol. The molecule has 1 N–H and O–H groups in total. The zero-order valence-corrected chi connectivity index (χ0v) is 25.9. The van der Waals surface area contributed by atoms with Crippen LogP contribution in [0.3, 0.4) is 0 Å². The molecule has 1 heterocycles. The van der Waals surface area contributed by atoms with E-state index in [2.05, 4.69) is 39.4 Å². The molecule has 0 saturated heterocycles. The number of nitrogens with zero attached hydrogens (tertiary/aromatic N) is 3. The second kappa shape index (κ2) is 13.0. The first-order valence-corrected chi connectivity index (χ1v) is 15.5. The number of methoxy groups -OCH3 is 1. The first-order valence-electron chi connectivity index (χ1n) is 14.1. The van der Waals surface area contributed by atoms with E-state index >= 15 is 0 Å². The summed E-state index contributed by atoms with van der Waals surface area (Å²) in [6.45, 7) is 6.08. The summed E-state index contributed by atoms with van der Waals surface area (Å²) in [7, 11) is -2.56. The quantitative estimate of drug-likeness (QED) is 0.144. The fourth-order valence-electron chi connectivity index (χ4n) is 5.04. The lowest BCUT2D eigenvalue weighted by molar-refractivity contribution is 0.0955. The average Bonchev–Trinajstić information content (AvgIpc) is 3.32. The second-order valence-electron chi connectivity index (χ2n) is 10.4. The normalized spacial score (nSPS) is 11.5. The molecule has 0 saturated carbocycles. The molecule has 4 aromatic carbocycles. The number of benzene rings is 4. The topological polar surface area (TPSA) is 93.0 Å². The summed E-state index contributed by atoms with van der Waals surface area (Å²) in [5.74, 6) is 0.00280. The smallest absolute Gasteiger partial charge is 0.273 e. The molecular formula is C35H34N4O4S. The van der Waals surface area contributed by atoms with Crippen LogP contribution >= 0.6 is 0 Å². The Morgan fingerprint density at radius 3 is 2.23 bits per heavy atom. The van der Waals surface area contributed by atoms with Crippen LogP contribution in [0.2, 0.25) is 0 Å². The van der Waals surface area contributed by atoms with E-state index < -0.39 is 15.9 Å². The van der Waals surface area contributed by atoms with Crippen LogP contribution in [-0.4, -0.2) is 32.2 Å². The number of para-hydroxylation sites is 1. The van der Waals surface area contributed by atoms with Crippen molar-refractivity contribution in [2.24, 2.45) is 5.10 Å². The molecule has 0 aliphatic rings. The Morgan fingerprint density at radius 2 is 1.55 bits per heavy atom. The highest BCUT2D eigenvalue weighted by Gasteiger charge is 2.28. The Kier molecular flexibility index (Phi) is 8.96. The third-order valence-electron chi connectivity index (χ3n) is 7.37. The summed E-state index contributed by atoms with van der Waals surface area (Å²) in [6.07, 6.45) is 1.60. The number of rotatable bonds is 10. The van der Waals surface area contributed by atoms with Crippen molar-refractivity contribution in [3.05, 3.63) is 143 Å². The van der Waals surface area contributed by atoms with Gasteiger partial charge in [0.25, 0.3) is 15.9 Å². The van der Waals surface area contributed by atoms with Crippen molar-refractivity contribution in [3.63, 3.8) is 0 Å². The Hall–Kier alpha value is -5.15. The van der Waals surface area contributed by atoms with Gasteiger partial charge in [0.1, 0.15) is 5.75 Å². The van der Waals surface area contributed by atoms with Crippen LogP contribution < -0.4 is 14.5 Å². The molecule has 0 unspecified atom stereocenters. The van der Waals surface area contributed by atoms with Gasteiger partial charge in [0.2, 0.25) is 0 Å². The molecule has 0 aliphatic carbocycles. The molecule has 0 bridgehead atoms. The molecule has 1 amide bonds. The van der Waals surface area contributed by atoms with Crippen molar-refractivity contribution in [1.29, 1.82) is 0 Å². The fraction of sp³-hybridized carbons (Fsp3) is 0.143. The first kappa shape index (κ1) is 30.3. The number of anilines is 1. The number of hydrogen-bond acceptors (Lipinski definition) is 5. The number of hydrazone groups is 1.